The molecular formula is C93H152O16P2. The molecule has 0 aliphatic rings. The Kier molecular flexibility index (Phi) is 79.6. The summed E-state index contributed by atoms with van der Waals surface area (Å²) in [4.78, 5) is 58.9. The fraction of sp³-hybridized carbons (Fsp3) is 0.624. The number of unbranched alkanes of at least 4 members (excludes halogenated alkanes) is 24. The lowest BCUT2D eigenvalue weighted by molar-refractivity contribution is -0.161. The zero-order valence-corrected chi connectivity index (χ0v) is 70.8. The quantitative estimate of drug-likeness (QED) is 0.0146. The smallest absolute Gasteiger partial charge is 0.463 e. The molecule has 0 amide bonds. The maximum Gasteiger partial charge on any atom is 0.472 e. The third-order valence-electron chi connectivity index (χ3n) is 17.3. The van der Waals surface area contributed by atoms with E-state index < -0.39 is 91.5 Å². The van der Waals surface area contributed by atoms with E-state index in [-0.39, 0.29) is 19.3 Å². The molecule has 0 fully saturated rings. The predicted octanol–water partition coefficient (Wildman–Crippen LogP) is 25.9. The molecule has 0 bridgehead atoms. The molecule has 0 spiro atoms. The predicted molar refractivity (Wildman–Crippen MR) is 463 cm³/mol. The first-order valence-electron chi connectivity index (χ1n) is 42.7. The van der Waals surface area contributed by atoms with E-state index in [2.05, 4.69) is 215 Å². The highest BCUT2D eigenvalue weighted by molar-refractivity contribution is 7.47. The summed E-state index contributed by atoms with van der Waals surface area (Å²) in [6.07, 6.45) is 110. The van der Waals surface area contributed by atoms with Gasteiger partial charge in [-0.15, -0.1) is 0 Å². The Balaban J connectivity index is 4.77. The van der Waals surface area contributed by atoms with Gasteiger partial charge in [-0.25, -0.2) is 9.13 Å². The van der Waals surface area contributed by atoms with Crippen molar-refractivity contribution in [2.24, 2.45) is 0 Å². The second-order valence-corrected chi connectivity index (χ2v) is 30.8. The molecule has 0 radical (unpaired) electrons. The van der Waals surface area contributed by atoms with E-state index in [1.54, 1.807) is 0 Å². The summed E-state index contributed by atoms with van der Waals surface area (Å²) in [5, 5.41) is 20.7. The van der Waals surface area contributed by atoms with Crippen LogP contribution in [0.4, 0.5) is 0 Å². The van der Waals surface area contributed by atoms with Crippen LogP contribution in [0.15, 0.2) is 194 Å². The number of carbonyl (C=O) groups excluding carboxylic acids is 3. The fourth-order valence-electron chi connectivity index (χ4n) is 10.9. The van der Waals surface area contributed by atoms with Gasteiger partial charge in [0, 0.05) is 19.3 Å². The van der Waals surface area contributed by atoms with Crippen molar-refractivity contribution >= 4 is 33.6 Å². The first-order chi connectivity index (χ1) is 54.2. The lowest BCUT2D eigenvalue weighted by Gasteiger charge is -2.21. The van der Waals surface area contributed by atoms with Crippen molar-refractivity contribution in [2.75, 3.05) is 39.6 Å². The second kappa shape index (κ2) is 83.8. The minimum absolute atomic E-state index is 0.0857. The van der Waals surface area contributed by atoms with Crippen LogP contribution in [0.1, 0.15) is 316 Å². The van der Waals surface area contributed by atoms with Crippen LogP contribution < -0.4 is 0 Å². The van der Waals surface area contributed by atoms with E-state index in [1.165, 1.54) is 44.9 Å². The maximum absolute atomic E-state index is 13.1. The SMILES string of the molecule is CC/C=C\C/C=C\C/C=C\C/C=C\C/C=C\C/C=C\CCCCCCCCC(=O)OCC(O)COP(=O)(O)OCC(O)COP(=O)(O)OCC(COC(=O)CCCCCCCC/C=C\C/C=C\C/C=C\C/C=C\C/C=C\C/C=C\CC)OC(=O)CCCCCCCCCCC/C=C\C/C=C\C/C=C\C/C=C\CCCCC. The van der Waals surface area contributed by atoms with Gasteiger partial charge in [-0.05, 0) is 167 Å². The van der Waals surface area contributed by atoms with Gasteiger partial charge in [0.25, 0.3) is 0 Å². The summed E-state index contributed by atoms with van der Waals surface area (Å²) in [6.45, 7) is 2.38. The third kappa shape index (κ3) is 85.1. The van der Waals surface area contributed by atoms with Crippen LogP contribution in [0.5, 0.6) is 0 Å². The van der Waals surface area contributed by atoms with Gasteiger partial charge in [0.15, 0.2) is 6.10 Å². The first-order valence-corrected chi connectivity index (χ1v) is 45.7. The summed E-state index contributed by atoms with van der Waals surface area (Å²) in [5.74, 6) is -1.62. The molecule has 0 aliphatic carbocycles. The number of phosphoric ester groups is 2. The van der Waals surface area contributed by atoms with Crippen molar-refractivity contribution in [3.63, 3.8) is 0 Å². The highest BCUT2D eigenvalue weighted by Gasteiger charge is 2.29. The van der Waals surface area contributed by atoms with Crippen LogP contribution in [0, 0.1) is 0 Å². The van der Waals surface area contributed by atoms with E-state index in [1.807, 2.05) is 0 Å². The van der Waals surface area contributed by atoms with Crippen molar-refractivity contribution in [2.45, 2.75) is 334 Å². The van der Waals surface area contributed by atoms with Crippen molar-refractivity contribution in [1.29, 1.82) is 0 Å². The standard InChI is InChI=1S/C93H152O16P2/c1-4-7-10-13-16-19-22-25-28-31-34-37-40-43-46-49-52-55-58-61-64-67-70-73-76-79-91(96)103-82-88(94)83-105-110(99,100)106-84-89(95)85-107-111(101,102)108-87-90(109-93(98)81-78-75-72-69-66-63-60-57-54-51-48-45-42-39-36-33-30-27-24-21-18-15-12-9-6-3)86-104-92(97)80-77-74-71-68-65-62-59-56-53-50-47-44-41-38-35-32-29-26-23-20-17-14-11-8-5-2/h7-8,10-11,16-21,25-30,34-39,43-48,52-53,55-56,88-90,94-95H,4-6,9,12-15,22-24,31-33,40-42,49-51,54,57-87H2,1-3H3,(H,99,100)(H,101,102)/b10-7-,11-8-,19-16-,20-17-,21-18-,28-25-,29-26-,30-27-,37-34-,38-35-,39-36-,46-43-,47-44-,48-45-,55-52-,56-53-. The summed E-state index contributed by atoms with van der Waals surface area (Å²) in [5.41, 5.74) is 0. The molecule has 0 saturated carbocycles. The number of esters is 3. The van der Waals surface area contributed by atoms with E-state index in [0.29, 0.717) is 19.3 Å². The average Bonchev–Trinajstić information content (AvgIpc) is 0.900. The van der Waals surface area contributed by atoms with Gasteiger partial charge in [0.1, 0.15) is 25.4 Å². The number of ether oxygens (including phenoxy) is 3. The zero-order chi connectivity index (χ0) is 80.8. The normalized spacial score (nSPS) is 14.8. The minimum Gasteiger partial charge on any atom is -0.463 e. The Morgan fingerprint density at radius 2 is 0.477 bits per heavy atom. The summed E-state index contributed by atoms with van der Waals surface area (Å²) in [7, 11) is -9.83. The van der Waals surface area contributed by atoms with Crippen LogP contribution in [0.2, 0.25) is 0 Å². The summed E-state index contributed by atoms with van der Waals surface area (Å²) < 4.78 is 61.4. The third-order valence-corrected chi connectivity index (χ3v) is 19.2. The van der Waals surface area contributed by atoms with Crippen molar-refractivity contribution < 1.29 is 75.8 Å². The maximum atomic E-state index is 13.1. The Morgan fingerprint density at radius 3 is 0.757 bits per heavy atom. The topological polar surface area (TPSA) is 231 Å². The molecule has 0 rings (SSSR count). The molecular weight excluding hydrogens is 1430 g/mol. The largest absolute Gasteiger partial charge is 0.472 e. The molecule has 5 unspecified atom stereocenters. The Hall–Kier alpha value is -5.61. The molecule has 0 aliphatic heterocycles. The lowest BCUT2D eigenvalue weighted by atomic mass is 10.1. The number of rotatable bonds is 79. The van der Waals surface area contributed by atoms with Crippen LogP contribution in [0.3, 0.4) is 0 Å². The number of aliphatic hydroxyl groups excluding tert-OH is 2. The zero-order valence-electron chi connectivity index (χ0n) is 69.1. The van der Waals surface area contributed by atoms with Gasteiger partial charge in [-0.2, -0.15) is 0 Å². The first kappa shape index (κ1) is 105. The molecule has 16 nitrogen and oxygen atoms in total. The molecule has 0 heterocycles. The van der Waals surface area contributed by atoms with Gasteiger partial charge in [-0.1, -0.05) is 324 Å². The second-order valence-electron chi connectivity index (χ2n) is 27.9. The fourth-order valence-corrected chi connectivity index (χ4v) is 12.4. The van der Waals surface area contributed by atoms with E-state index in [0.717, 1.165) is 212 Å². The molecule has 111 heavy (non-hydrogen) atoms. The minimum atomic E-state index is -4.95. The number of allylic oxidation sites excluding steroid dienone is 32. The van der Waals surface area contributed by atoms with Gasteiger partial charge >= 0.3 is 33.6 Å². The number of hydrogen-bond donors (Lipinski definition) is 4. The van der Waals surface area contributed by atoms with Crippen LogP contribution >= 0.6 is 15.6 Å². The van der Waals surface area contributed by atoms with Gasteiger partial charge in [0.2, 0.25) is 0 Å². The number of carbonyl (C=O) groups is 3. The Labute approximate surface area is 674 Å². The van der Waals surface area contributed by atoms with Gasteiger partial charge in [-0.3, -0.25) is 32.5 Å². The van der Waals surface area contributed by atoms with Gasteiger partial charge in [0.05, 0.1) is 26.4 Å². The van der Waals surface area contributed by atoms with Gasteiger partial charge < -0.3 is 34.2 Å². The lowest BCUT2D eigenvalue weighted by Crippen LogP contribution is -2.30. The molecule has 0 saturated heterocycles. The number of hydrogen-bond acceptors (Lipinski definition) is 14. The van der Waals surface area contributed by atoms with Crippen molar-refractivity contribution in [3.8, 4) is 0 Å². The van der Waals surface area contributed by atoms with Crippen molar-refractivity contribution in [3.05, 3.63) is 194 Å². The highest BCUT2D eigenvalue weighted by atomic mass is 31.2. The van der Waals surface area contributed by atoms with Crippen LogP contribution in [-0.4, -0.2) is 95.9 Å². The van der Waals surface area contributed by atoms with Crippen molar-refractivity contribution in [1.82, 2.24) is 0 Å². The Bertz CT molecular complexity index is 2800. The van der Waals surface area contributed by atoms with E-state index in [4.69, 9.17) is 32.3 Å². The molecule has 0 aromatic rings. The van der Waals surface area contributed by atoms with E-state index >= 15 is 0 Å². The average molecular weight is 1590 g/mol. The highest BCUT2D eigenvalue weighted by Crippen LogP contribution is 2.45. The monoisotopic (exact) mass is 1590 g/mol. The molecule has 5 atom stereocenters. The molecule has 630 valence electrons. The number of aliphatic hydroxyl groups is 2. The summed E-state index contributed by atoms with van der Waals surface area (Å²) in [6, 6.07) is 0. The molecule has 18 heteroatoms. The number of phosphoric acid groups is 2. The van der Waals surface area contributed by atoms with Crippen LogP contribution in [-0.2, 0) is 55.8 Å². The summed E-state index contributed by atoms with van der Waals surface area (Å²) >= 11 is 0. The molecule has 0 aromatic carbocycles. The van der Waals surface area contributed by atoms with Crippen LogP contribution in [0.25, 0.3) is 0 Å². The molecule has 4 N–H and O–H groups in total. The molecule has 0 aromatic heterocycles. The Morgan fingerprint density at radius 1 is 0.261 bits per heavy atom. The van der Waals surface area contributed by atoms with E-state index in [9.17, 15) is 43.5 Å².